The predicted molar refractivity (Wildman–Crippen MR) is 68.6 cm³/mol. The molecule has 96 valence electrons. The molecular formula is C14H17NO3. The van der Waals surface area contributed by atoms with E-state index < -0.39 is 0 Å². The van der Waals surface area contributed by atoms with Crippen molar-refractivity contribution in [1.29, 1.82) is 0 Å². The van der Waals surface area contributed by atoms with Crippen LogP contribution in [0, 0.1) is 6.92 Å². The summed E-state index contributed by atoms with van der Waals surface area (Å²) < 4.78 is 10.5. The fourth-order valence-electron chi connectivity index (χ4n) is 1.72. The van der Waals surface area contributed by atoms with Crippen LogP contribution in [0.1, 0.15) is 17.1 Å². The molecule has 1 heterocycles. The molecule has 0 radical (unpaired) electrons. The van der Waals surface area contributed by atoms with E-state index >= 15 is 0 Å². The van der Waals surface area contributed by atoms with Gasteiger partial charge in [-0.3, -0.25) is 0 Å². The Morgan fingerprint density at radius 3 is 2.67 bits per heavy atom. The van der Waals surface area contributed by atoms with E-state index in [0.717, 1.165) is 17.1 Å². The second kappa shape index (κ2) is 5.60. The van der Waals surface area contributed by atoms with Crippen molar-refractivity contribution in [3.63, 3.8) is 0 Å². The van der Waals surface area contributed by atoms with Gasteiger partial charge in [0.25, 0.3) is 0 Å². The fourth-order valence-corrected chi connectivity index (χ4v) is 1.72. The standard InChI is InChI=1S/C14H17NO3/c1-10-3-5-13(18-10)9-15-8-11-4-6-12(17-2)7-14(11)16/h3-7,15-16H,8-9H2,1-2H3. The summed E-state index contributed by atoms with van der Waals surface area (Å²) >= 11 is 0. The molecule has 0 atom stereocenters. The third kappa shape index (κ3) is 3.05. The van der Waals surface area contributed by atoms with Crippen LogP contribution in [0.3, 0.4) is 0 Å². The van der Waals surface area contributed by atoms with E-state index in [2.05, 4.69) is 5.32 Å². The van der Waals surface area contributed by atoms with Crippen molar-refractivity contribution in [1.82, 2.24) is 5.32 Å². The number of nitrogens with one attached hydrogen (secondary N) is 1. The molecule has 0 spiro atoms. The number of methoxy groups -OCH3 is 1. The maximum Gasteiger partial charge on any atom is 0.123 e. The monoisotopic (exact) mass is 247 g/mol. The summed E-state index contributed by atoms with van der Waals surface area (Å²) in [5.74, 6) is 2.68. The number of benzene rings is 1. The Hall–Kier alpha value is -1.94. The van der Waals surface area contributed by atoms with Gasteiger partial charge in [-0.15, -0.1) is 0 Å². The van der Waals surface area contributed by atoms with E-state index in [4.69, 9.17) is 9.15 Å². The second-order valence-corrected chi connectivity index (χ2v) is 4.11. The molecule has 0 bridgehead atoms. The average molecular weight is 247 g/mol. The van der Waals surface area contributed by atoms with Gasteiger partial charge in [0.15, 0.2) is 0 Å². The van der Waals surface area contributed by atoms with Crippen LogP contribution in [0.25, 0.3) is 0 Å². The van der Waals surface area contributed by atoms with Crippen LogP contribution < -0.4 is 10.1 Å². The van der Waals surface area contributed by atoms with Crippen molar-refractivity contribution in [2.45, 2.75) is 20.0 Å². The highest BCUT2D eigenvalue weighted by molar-refractivity contribution is 5.39. The molecule has 2 rings (SSSR count). The molecule has 0 aliphatic heterocycles. The van der Waals surface area contributed by atoms with E-state index in [-0.39, 0.29) is 5.75 Å². The van der Waals surface area contributed by atoms with Crippen molar-refractivity contribution in [3.8, 4) is 11.5 Å². The van der Waals surface area contributed by atoms with Crippen molar-refractivity contribution < 1.29 is 14.3 Å². The first-order valence-electron chi connectivity index (χ1n) is 5.81. The van der Waals surface area contributed by atoms with Gasteiger partial charge in [-0.05, 0) is 25.1 Å². The summed E-state index contributed by atoms with van der Waals surface area (Å²) in [6.07, 6.45) is 0. The number of aryl methyl sites for hydroxylation is 1. The molecule has 0 aliphatic rings. The number of rotatable bonds is 5. The van der Waals surface area contributed by atoms with Gasteiger partial charge in [-0.25, -0.2) is 0 Å². The van der Waals surface area contributed by atoms with Crippen LogP contribution >= 0.6 is 0 Å². The van der Waals surface area contributed by atoms with Gasteiger partial charge in [0.1, 0.15) is 23.0 Å². The minimum Gasteiger partial charge on any atom is -0.507 e. The van der Waals surface area contributed by atoms with Crippen LogP contribution in [0.15, 0.2) is 34.7 Å². The van der Waals surface area contributed by atoms with Gasteiger partial charge in [0.05, 0.1) is 13.7 Å². The van der Waals surface area contributed by atoms with Gasteiger partial charge < -0.3 is 19.6 Å². The number of phenols is 1. The number of phenolic OH excluding ortho intramolecular Hbond substituents is 1. The molecule has 0 fully saturated rings. The van der Waals surface area contributed by atoms with E-state index in [1.807, 2.05) is 31.2 Å². The SMILES string of the molecule is COc1ccc(CNCc2ccc(C)o2)c(O)c1. The van der Waals surface area contributed by atoms with Gasteiger partial charge in [0, 0.05) is 18.2 Å². The highest BCUT2D eigenvalue weighted by atomic mass is 16.5. The van der Waals surface area contributed by atoms with E-state index in [1.54, 1.807) is 13.2 Å². The highest BCUT2D eigenvalue weighted by Gasteiger charge is 2.03. The number of hydrogen-bond donors (Lipinski definition) is 2. The molecule has 0 saturated carbocycles. The minimum absolute atomic E-state index is 0.234. The Bertz CT molecular complexity index is 520. The van der Waals surface area contributed by atoms with Crippen molar-refractivity contribution in [2.24, 2.45) is 0 Å². The molecule has 4 nitrogen and oxygen atoms in total. The molecule has 0 unspecified atom stereocenters. The predicted octanol–water partition coefficient (Wildman–Crippen LogP) is 2.59. The third-order valence-electron chi connectivity index (χ3n) is 2.70. The summed E-state index contributed by atoms with van der Waals surface area (Å²) in [5, 5.41) is 13.0. The summed E-state index contributed by atoms with van der Waals surface area (Å²) in [7, 11) is 1.58. The molecule has 0 amide bonds. The lowest BCUT2D eigenvalue weighted by Gasteiger charge is -2.07. The zero-order valence-electron chi connectivity index (χ0n) is 10.6. The highest BCUT2D eigenvalue weighted by Crippen LogP contribution is 2.23. The Morgan fingerprint density at radius 1 is 1.22 bits per heavy atom. The number of aromatic hydroxyl groups is 1. The molecule has 2 aromatic rings. The van der Waals surface area contributed by atoms with Gasteiger partial charge in [-0.2, -0.15) is 0 Å². The molecule has 2 N–H and O–H groups in total. The molecule has 18 heavy (non-hydrogen) atoms. The minimum atomic E-state index is 0.234. The van der Waals surface area contributed by atoms with Gasteiger partial charge in [-0.1, -0.05) is 6.07 Å². The normalized spacial score (nSPS) is 10.6. The molecule has 1 aromatic carbocycles. The first-order chi connectivity index (χ1) is 8.69. The van der Waals surface area contributed by atoms with Crippen LogP contribution in [0.4, 0.5) is 0 Å². The maximum absolute atomic E-state index is 9.78. The summed E-state index contributed by atoms with van der Waals surface area (Å²) in [6, 6.07) is 9.15. The van der Waals surface area contributed by atoms with Crippen molar-refractivity contribution in [2.75, 3.05) is 7.11 Å². The molecular weight excluding hydrogens is 230 g/mol. The van der Waals surface area contributed by atoms with E-state index in [9.17, 15) is 5.11 Å². The smallest absolute Gasteiger partial charge is 0.123 e. The lowest BCUT2D eigenvalue weighted by atomic mass is 10.2. The molecule has 0 aliphatic carbocycles. The second-order valence-electron chi connectivity index (χ2n) is 4.11. The summed E-state index contributed by atoms with van der Waals surface area (Å²) in [4.78, 5) is 0. The van der Waals surface area contributed by atoms with E-state index in [0.29, 0.717) is 18.8 Å². The zero-order valence-corrected chi connectivity index (χ0v) is 10.6. The Balaban J connectivity index is 1.90. The van der Waals surface area contributed by atoms with Gasteiger partial charge >= 0.3 is 0 Å². The topological polar surface area (TPSA) is 54.6 Å². The maximum atomic E-state index is 9.78. The van der Waals surface area contributed by atoms with E-state index in [1.165, 1.54) is 0 Å². The first-order valence-corrected chi connectivity index (χ1v) is 5.81. The van der Waals surface area contributed by atoms with Crippen LogP contribution in [-0.2, 0) is 13.1 Å². The number of ether oxygens (including phenoxy) is 1. The van der Waals surface area contributed by atoms with Crippen molar-refractivity contribution >= 4 is 0 Å². The van der Waals surface area contributed by atoms with Crippen LogP contribution in [0.2, 0.25) is 0 Å². The number of furan rings is 1. The Kier molecular flexibility index (Phi) is 3.89. The molecule has 4 heteroatoms. The molecule has 0 saturated heterocycles. The number of hydrogen-bond acceptors (Lipinski definition) is 4. The average Bonchev–Trinajstić information content (AvgIpc) is 2.77. The van der Waals surface area contributed by atoms with Crippen LogP contribution in [0.5, 0.6) is 11.5 Å². The van der Waals surface area contributed by atoms with Gasteiger partial charge in [0.2, 0.25) is 0 Å². The largest absolute Gasteiger partial charge is 0.507 e. The zero-order chi connectivity index (χ0) is 13.0. The third-order valence-corrected chi connectivity index (χ3v) is 2.70. The van der Waals surface area contributed by atoms with Crippen LogP contribution in [-0.4, -0.2) is 12.2 Å². The first kappa shape index (κ1) is 12.5. The fraction of sp³-hybridized carbons (Fsp3) is 0.286. The quantitative estimate of drug-likeness (QED) is 0.852. The summed E-state index contributed by atoms with van der Waals surface area (Å²) in [6.45, 7) is 3.13. The Morgan fingerprint density at radius 2 is 2.06 bits per heavy atom. The lowest BCUT2D eigenvalue weighted by Crippen LogP contribution is -2.12. The molecule has 1 aromatic heterocycles. The Labute approximate surface area is 106 Å². The van der Waals surface area contributed by atoms with Crippen molar-refractivity contribution in [3.05, 3.63) is 47.4 Å². The lowest BCUT2D eigenvalue weighted by molar-refractivity contribution is 0.405. The summed E-state index contributed by atoms with van der Waals surface area (Å²) in [5.41, 5.74) is 0.832.